The Bertz CT molecular complexity index is 499. The van der Waals surface area contributed by atoms with Gasteiger partial charge >= 0.3 is 0 Å². The first kappa shape index (κ1) is 14.4. The molecular weight excluding hydrogens is 250 g/mol. The van der Waals surface area contributed by atoms with Crippen molar-refractivity contribution in [3.05, 3.63) is 60.2 Å². The van der Waals surface area contributed by atoms with Gasteiger partial charge in [-0.1, -0.05) is 30.3 Å². The van der Waals surface area contributed by atoms with Crippen LogP contribution < -0.4 is 15.2 Å². The maximum Gasteiger partial charge on any atom is 0.119 e. The van der Waals surface area contributed by atoms with Crippen LogP contribution in [0.2, 0.25) is 0 Å². The van der Waals surface area contributed by atoms with Crippen molar-refractivity contribution in [1.29, 1.82) is 0 Å². The van der Waals surface area contributed by atoms with Gasteiger partial charge in [0.05, 0.1) is 13.2 Å². The molecule has 0 fully saturated rings. The Kier molecular flexibility index (Phi) is 5.93. The molecule has 20 heavy (non-hydrogen) atoms. The van der Waals surface area contributed by atoms with Crippen LogP contribution in [0.1, 0.15) is 12.0 Å². The molecule has 3 nitrogen and oxygen atoms in total. The first-order valence-corrected chi connectivity index (χ1v) is 6.98. The lowest BCUT2D eigenvalue weighted by atomic mass is 10.1. The molecule has 0 aliphatic heterocycles. The number of nitrogens with two attached hydrogens (primary N) is 1. The van der Waals surface area contributed by atoms with Gasteiger partial charge in [0.1, 0.15) is 11.5 Å². The molecule has 0 amide bonds. The second kappa shape index (κ2) is 8.23. The number of hydrogen-bond donors (Lipinski definition) is 1. The summed E-state index contributed by atoms with van der Waals surface area (Å²) in [5.41, 5.74) is 6.76. The predicted molar refractivity (Wildman–Crippen MR) is 81.2 cm³/mol. The average Bonchev–Trinajstić information content (AvgIpc) is 2.49. The summed E-state index contributed by atoms with van der Waals surface area (Å²) < 4.78 is 11.3. The molecule has 2 N–H and O–H groups in total. The largest absolute Gasteiger partial charge is 0.493 e. The maximum absolute atomic E-state index is 5.71. The summed E-state index contributed by atoms with van der Waals surface area (Å²) >= 11 is 0. The normalized spacial score (nSPS) is 10.2. The first-order chi connectivity index (χ1) is 9.88. The number of para-hydroxylation sites is 1. The predicted octanol–water partition coefficient (Wildman–Crippen LogP) is 3.04. The molecule has 0 saturated carbocycles. The highest BCUT2D eigenvalue weighted by molar-refractivity contribution is 5.28. The van der Waals surface area contributed by atoms with Crippen LogP contribution in [0.5, 0.6) is 11.5 Å². The van der Waals surface area contributed by atoms with Crippen LogP contribution in [0.3, 0.4) is 0 Å². The molecule has 0 saturated heterocycles. The van der Waals surface area contributed by atoms with Crippen molar-refractivity contribution in [1.82, 2.24) is 0 Å². The number of benzene rings is 2. The second-order valence-corrected chi connectivity index (χ2v) is 4.55. The number of rotatable bonds is 8. The fourth-order valence-corrected chi connectivity index (χ4v) is 1.91. The summed E-state index contributed by atoms with van der Waals surface area (Å²) in [7, 11) is 0. The van der Waals surface area contributed by atoms with Crippen LogP contribution in [0.4, 0.5) is 0 Å². The molecule has 0 aliphatic rings. The molecule has 0 aliphatic carbocycles. The zero-order valence-corrected chi connectivity index (χ0v) is 11.6. The van der Waals surface area contributed by atoms with Crippen LogP contribution in [0.25, 0.3) is 0 Å². The smallest absolute Gasteiger partial charge is 0.119 e. The molecule has 0 bridgehead atoms. The molecule has 106 valence electrons. The summed E-state index contributed by atoms with van der Waals surface area (Å²) in [6.07, 6.45) is 1.74. The van der Waals surface area contributed by atoms with Gasteiger partial charge in [0, 0.05) is 6.42 Å². The van der Waals surface area contributed by atoms with Crippen molar-refractivity contribution in [2.24, 2.45) is 5.73 Å². The minimum absolute atomic E-state index is 0.652. The molecule has 0 heterocycles. The Morgan fingerprint density at radius 1 is 0.800 bits per heavy atom. The third kappa shape index (κ3) is 4.94. The van der Waals surface area contributed by atoms with Crippen molar-refractivity contribution in [2.75, 3.05) is 19.8 Å². The maximum atomic E-state index is 5.71. The van der Waals surface area contributed by atoms with Gasteiger partial charge in [-0.2, -0.15) is 0 Å². The van der Waals surface area contributed by atoms with E-state index < -0.39 is 0 Å². The molecule has 0 unspecified atom stereocenters. The van der Waals surface area contributed by atoms with E-state index in [2.05, 4.69) is 6.07 Å². The van der Waals surface area contributed by atoms with Gasteiger partial charge in [0.2, 0.25) is 0 Å². The van der Waals surface area contributed by atoms with E-state index in [1.54, 1.807) is 0 Å². The van der Waals surface area contributed by atoms with E-state index in [9.17, 15) is 0 Å². The van der Waals surface area contributed by atoms with E-state index in [1.807, 2.05) is 48.5 Å². The lowest BCUT2D eigenvalue weighted by Crippen LogP contribution is -2.06. The zero-order chi connectivity index (χ0) is 14.0. The Balaban J connectivity index is 1.67. The van der Waals surface area contributed by atoms with Gasteiger partial charge in [-0.05, 0) is 42.8 Å². The van der Waals surface area contributed by atoms with Gasteiger partial charge in [0.15, 0.2) is 0 Å². The molecule has 0 atom stereocenters. The molecular formula is C17H21NO2. The topological polar surface area (TPSA) is 44.5 Å². The van der Waals surface area contributed by atoms with Crippen molar-refractivity contribution in [2.45, 2.75) is 12.8 Å². The lowest BCUT2D eigenvalue weighted by Gasteiger charge is -2.09. The molecule has 2 aromatic carbocycles. The minimum atomic E-state index is 0.652. The summed E-state index contributed by atoms with van der Waals surface area (Å²) in [6, 6.07) is 17.9. The van der Waals surface area contributed by atoms with Gasteiger partial charge in [-0.3, -0.25) is 0 Å². The Hall–Kier alpha value is -2.00. The van der Waals surface area contributed by atoms with E-state index in [0.29, 0.717) is 19.8 Å². The summed E-state index contributed by atoms with van der Waals surface area (Å²) in [5.74, 6) is 1.80. The van der Waals surface area contributed by atoms with Gasteiger partial charge in [-0.25, -0.2) is 0 Å². The standard InChI is InChI=1S/C17H21NO2/c18-11-10-15-6-4-9-17(14-15)20-13-5-12-19-16-7-2-1-3-8-16/h1-4,6-9,14H,5,10-13,18H2. The van der Waals surface area contributed by atoms with Crippen molar-refractivity contribution >= 4 is 0 Å². The van der Waals surface area contributed by atoms with Crippen molar-refractivity contribution < 1.29 is 9.47 Å². The van der Waals surface area contributed by atoms with Gasteiger partial charge in [0.25, 0.3) is 0 Å². The molecule has 0 radical (unpaired) electrons. The fourth-order valence-electron chi connectivity index (χ4n) is 1.91. The van der Waals surface area contributed by atoms with Crippen LogP contribution in [-0.2, 0) is 6.42 Å². The molecule has 0 aromatic heterocycles. The van der Waals surface area contributed by atoms with Crippen molar-refractivity contribution in [3.63, 3.8) is 0 Å². The van der Waals surface area contributed by atoms with Crippen LogP contribution in [-0.4, -0.2) is 19.8 Å². The number of ether oxygens (including phenoxy) is 2. The summed E-state index contributed by atoms with van der Waals surface area (Å²) in [6.45, 7) is 1.97. The quantitative estimate of drug-likeness (QED) is 0.751. The zero-order valence-electron chi connectivity index (χ0n) is 11.6. The minimum Gasteiger partial charge on any atom is -0.493 e. The highest BCUT2D eigenvalue weighted by Gasteiger charge is 1.97. The lowest BCUT2D eigenvalue weighted by molar-refractivity contribution is 0.247. The van der Waals surface area contributed by atoms with Crippen LogP contribution >= 0.6 is 0 Å². The SMILES string of the molecule is NCCc1cccc(OCCCOc2ccccc2)c1. The van der Waals surface area contributed by atoms with E-state index in [1.165, 1.54) is 5.56 Å². The monoisotopic (exact) mass is 271 g/mol. The van der Waals surface area contributed by atoms with Crippen molar-refractivity contribution in [3.8, 4) is 11.5 Å². The second-order valence-electron chi connectivity index (χ2n) is 4.55. The Morgan fingerprint density at radius 3 is 2.25 bits per heavy atom. The first-order valence-electron chi connectivity index (χ1n) is 6.98. The highest BCUT2D eigenvalue weighted by atomic mass is 16.5. The van der Waals surface area contributed by atoms with E-state index in [4.69, 9.17) is 15.2 Å². The third-order valence-corrected chi connectivity index (χ3v) is 2.90. The molecule has 2 aromatic rings. The molecule has 0 spiro atoms. The van der Waals surface area contributed by atoms with Crippen LogP contribution in [0, 0.1) is 0 Å². The van der Waals surface area contributed by atoms with Crippen LogP contribution in [0.15, 0.2) is 54.6 Å². The van der Waals surface area contributed by atoms with E-state index in [0.717, 1.165) is 24.3 Å². The molecule has 2 rings (SSSR count). The average molecular weight is 271 g/mol. The molecule has 3 heteroatoms. The number of hydrogen-bond acceptors (Lipinski definition) is 3. The van der Waals surface area contributed by atoms with E-state index in [-0.39, 0.29) is 0 Å². The summed E-state index contributed by atoms with van der Waals surface area (Å²) in [4.78, 5) is 0. The van der Waals surface area contributed by atoms with E-state index >= 15 is 0 Å². The van der Waals surface area contributed by atoms with Gasteiger partial charge < -0.3 is 15.2 Å². The Labute approximate surface area is 120 Å². The third-order valence-electron chi connectivity index (χ3n) is 2.90. The highest BCUT2D eigenvalue weighted by Crippen LogP contribution is 2.14. The Morgan fingerprint density at radius 2 is 1.50 bits per heavy atom. The summed E-state index contributed by atoms with van der Waals surface area (Å²) in [5, 5.41) is 0. The van der Waals surface area contributed by atoms with Gasteiger partial charge in [-0.15, -0.1) is 0 Å². The fraction of sp³-hybridized carbons (Fsp3) is 0.294.